The molecular formula is C24H31N3O7. The maximum atomic E-state index is 12.9. The normalized spacial score (nSPS) is 14.4. The number of carbonyl (C=O) groups excluding carboxylic acids is 1. The zero-order valence-corrected chi connectivity index (χ0v) is 20.0. The van der Waals surface area contributed by atoms with Gasteiger partial charge < -0.3 is 24.3 Å². The van der Waals surface area contributed by atoms with E-state index in [2.05, 4.69) is 22.3 Å². The van der Waals surface area contributed by atoms with E-state index in [1.54, 1.807) is 7.11 Å². The highest BCUT2D eigenvalue weighted by Gasteiger charge is 2.32. The smallest absolute Gasteiger partial charge is 0.327 e. The summed E-state index contributed by atoms with van der Waals surface area (Å²) in [6.07, 6.45) is 1.85. The van der Waals surface area contributed by atoms with Crippen LogP contribution in [0.3, 0.4) is 0 Å². The summed E-state index contributed by atoms with van der Waals surface area (Å²) < 4.78 is 20.9. The molecular weight excluding hydrogens is 442 g/mol. The van der Waals surface area contributed by atoms with Crippen LogP contribution in [0, 0.1) is 16.0 Å². The molecule has 0 radical (unpaired) electrons. The average Bonchev–Trinajstić information content (AvgIpc) is 2.86. The van der Waals surface area contributed by atoms with Gasteiger partial charge in [-0.1, -0.05) is 12.1 Å². The number of benzene rings is 2. The number of amides is 1. The molecule has 10 nitrogen and oxygen atoms in total. The number of ether oxygens (including phenoxy) is 4. The van der Waals surface area contributed by atoms with E-state index in [9.17, 15) is 14.9 Å². The van der Waals surface area contributed by atoms with E-state index in [0.717, 1.165) is 38.2 Å². The number of nitro groups is 1. The summed E-state index contributed by atoms with van der Waals surface area (Å²) in [7, 11) is 5.68. The SMILES string of the molecule is COc1ccc(CN2CCC(CNC(=O)c3cc(OC)c(OC)c(OC)c3[N+](=O)[O-])CC2)cc1. The fraction of sp³-hybridized carbons (Fsp3) is 0.458. The van der Waals surface area contributed by atoms with Crippen LogP contribution in [0.15, 0.2) is 30.3 Å². The Labute approximate surface area is 198 Å². The predicted molar refractivity (Wildman–Crippen MR) is 126 cm³/mol. The largest absolute Gasteiger partial charge is 0.497 e. The Balaban J connectivity index is 1.61. The van der Waals surface area contributed by atoms with Crippen molar-refractivity contribution in [2.24, 2.45) is 5.92 Å². The first-order valence-electron chi connectivity index (χ1n) is 11.0. The summed E-state index contributed by atoms with van der Waals surface area (Å²) in [6, 6.07) is 9.36. The molecule has 0 bridgehead atoms. The van der Waals surface area contributed by atoms with Crippen LogP contribution in [0.2, 0.25) is 0 Å². The lowest BCUT2D eigenvalue weighted by molar-refractivity contribution is -0.386. The molecule has 0 atom stereocenters. The molecule has 1 heterocycles. The van der Waals surface area contributed by atoms with Crippen LogP contribution in [0.25, 0.3) is 0 Å². The molecule has 1 aliphatic heterocycles. The number of nitrogens with one attached hydrogen (secondary N) is 1. The molecule has 1 amide bonds. The molecule has 1 N–H and O–H groups in total. The van der Waals surface area contributed by atoms with Crippen LogP contribution >= 0.6 is 0 Å². The molecule has 2 aromatic carbocycles. The van der Waals surface area contributed by atoms with Gasteiger partial charge in [0.2, 0.25) is 11.5 Å². The first-order chi connectivity index (χ1) is 16.4. The molecule has 2 aromatic rings. The monoisotopic (exact) mass is 473 g/mol. The molecule has 0 saturated carbocycles. The number of methoxy groups -OCH3 is 4. The minimum absolute atomic E-state index is 0.0671. The average molecular weight is 474 g/mol. The quantitative estimate of drug-likeness (QED) is 0.413. The molecule has 1 aliphatic rings. The van der Waals surface area contributed by atoms with Crippen molar-refractivity contribution in [3.8, 4) is 23.0 Å². The fourth-order valence-corrected chi connectivity index (χ4v) is 4.17. The van der Waals surface area contributed by atoms with Crippen LogP contribution in [-0.4, -0.2) is 63.8 Å². The van der Waals surface area contributed by atoms with Gasteiger partial charge in [0.15, 0.2) is 5.75 Å². The van der Waals surface area contributed by atoms with Crippen molar-refractivity contribution >= 4 is 11.6 Å². The second kappa shape index (κ2) is 11.6. The van der Waals surface area contributed by atoms with Crippen LogP contribution in [-0.2, 0) is 6.54 Å². The maximum absolute atomic E-state index is 12.9. The van der Waals surface area contributed by atoms with E-state index in [4.69, 9.17) is 18.9 Å². The molecule has 1 fully saturated rings. The van der Waals surface area contributed by atoms with Crippen molar-refractivity contribution in [1.29, 1.82) is 0 Å². The Morgan fingerprint density at radius 2 is 1.68 bits per heavy atom. The topological polar surface area (TPSA) is 112 Å². The molecule has 0 aromatic heterocycles. The van der Waals surface area contributed by atoms with E-state index >= 15 is 0 Å². The van der Waals surface area contributed by atoms with Gasteiger partial charge in [0.25, 0.3) is 5.91 Å². The molecule has 10 heteroatoms. The number of likely N-dealkylation sites (tertiary alicyclic amines) is 1. The summed E-state index contributed by atoms with van der Waals surface area (Å²) >= 11 is 0. The fourth-order valence-electron chi connectivity index (χ4n) is 4.17. The van der Waals surface area contributed by atoms with Crippen molar-refractivity contribution in [3.63, 3.8) is 0 Å². The van der Waals surface area contributed by atoms with E-state index < -0.39 is 16.5 Å². The molecule has 0 spiro atoms. The molecule has 3 rings (SSSR count). The molecule has 0 unspecified atom stereocenters. The Hall–Kier alpha value is -3.53. The second-order valence-electron chi connectivity index (χ2n) is 8.08. The van der Waals surface area contributed by atoms with Gasteiger partial charge in [0.05, 0.1) is 33.4 Å². The Bertz CT molecular complexity index is 1000. The number of rotatable bonds is 10. The van der Waals surface area contributed by atoms with Crippen molar-refractivity contribution < 1.29 is 28.7 Å². The van der Waals surface area contributed by atoms with Gasteiger partial charge in [-0.3, -0.25) is 19.8 Å². The van der Waals surface area contributed by atoms with Gasteiger partial charge in [0.1, 0.15) is 11.3 Å². The van der Waals surface area contributed by atoms with E-state index in [1.165, 1.54) is 33.0 Å². The Kier molecular flexibility index (Phi) is 8.53. The van der Waals surface area contributed by atoms with Crippen LogP contribution in [0.1, 0.15) is 28.8 Å². The molecule has 184 valence electrons. The molecule has 1 saturated heterocycles. The molecule has 0 aliphatic carbocycles. The van der Waals surface area contributed by atoms with Gasteiger partial charge in [-0.15, -0.1) is 0 Å². The lowest BCUT2D eigenvalue weighted by Crippen LogP contribution is -2.38. The van der Waals surface area contributed by atoms with Crippen molar-refractivity contribution in [2.75, 3.05) is 48.1 Å². The predicted octanol–water partition coefficient (Wildman–Crippen LogP) is 3.27. The van der Waals surface area contributed by atoms with Gasteiger partial charge >= 0.3 is 5.69 Å². The second-order valence-corrected chi connectivity index (χ2v) is 8.08. The highest BCUT2D eigenvalue weighted by molar-refractivity contribution is 6.00. The number of nitrogens with zero attached hydrogens (tertiary/aromatic N) is 2. The Morgan fingerprint density at radius 1 is 1.03 bits per heavy atom. The number of nitro benzene ring substituents is 1. The number of carbonyl (C=O) groups is 1. The van der Waals surface area contributed by atoms with Crippen LogP contribution in [0.4, 0.5) is 5.69 Å². The first-order valence-corrected chi connectivity index (χ1v) is 11.0. The number of piperidine rings is 1. The van der Waals surface area contributed by atoms with E-state index in [1.807, 2.05) is 12.1 Å². The van der Waals surface area contributed by atoms with E-state index in [0.29, 0.717) is 6.54 Å². The van der Waals surface area contributed by atoms with Gasteiger partial charge in [-0.2, -0.15) is 0 Å². The highest BCUT2D eigenvalue weighted by atomic mass is 16.6. The summed E-state index contributed by atoms with van der Waals surface area (Å²) in [5.41, 5.74) is 0.644. The van der Waals surface area contributed by atoms with Gasteiger partial charge in [0, 0.05) is 19.2 Å². The lowest BCUT2D eigenvalue weighted by Gasteiger charge is -2.32. The third-order valence-electron chi connectivity index (χ3n) is 6.05. The molecule has 34 heavy (non-hydrogen) atoms. The van der Waals surface area contributed by atoms with Crippen molar-refractivity contribution in [1.82, 2.24) is 10.2 Å². The third-order valence-corrected chi connectivity index (χ3v) is 6.05. The standard InChI is InChI=1S/C24H31N3O7/c1-31-18-7-5-17(6-8-18)15-26-11-9-16(10-12-26)14-25-24(28)19-13-20(32-2)22(33-3)23(34-4)21(19)27(29)30/h5-8,13,16H,9-12,14-15H2,1-4H3,(H,25,28). The minimum atomic E-state index is -0.645. The summed E-state index contributed by atoms with van der Waals surface area (Å²) in [5, 5.41) is 14.6. The minimum Gasteiger partial charge on any atom is -0.497 e. The summed E-state index contributed by atoms with van der Waals surface area (Å²) in [4.78, 5) is 26.4. The lowest BCUT2D eigenvalue weighted by atomic mass is 9.96. The summed E-state index contributed by atoms with van der Waals surface area (Å²) in [6.45, 7) is 3.12. The zero-order chi connectivity index (χ0) is 24.7. The number of hydrogen-bond acceptors (Lipinski definition) is 8. The van der Waals surface area contributed by atoms with Crippen LogP contribution < -0.4 is 24.3 Å². The third kappa shape index (κ3) is 5.69. The Morgan fingerprint density at radius 3 is 2.21 bits per heavy atom. The highest BCUT2D eigenvalue weighted by Crippen LogP contribution is 2.46. The van der Waals surface area contributed by atoms with E-state index in [-0.39, 0.29) is 28.7 Å². The van der Waals surface area contributed by atoms with Gasteiger partial charge in [-0.25, -0.2) is 0 Å². The van der Waals surface area contributed by atoms with Crippen molar-refractivity contribution in [2.45, 2.75) is 19.4 Å². The van der Waals surface area contributed by atoms with Crippen LogP contribution in [0.5, 0.6) is 23.0 Å². The summed E-state index contributed by atoms with van der Waals surface area (Å²) in [5.74, 6) is 0.678. The first kappa shape index (κ1) is 25.1. The maximum Gasteiger partial charge on any atom is 0.327 e. The van der Waals surface area contributed by atoms with Crippen molar-refractivity contribution in [3.05, 3.63) is 51.6 Å². The zero-order valence-electron chi connectivity index (χ0n) is 20.0. The van der Waals surface area contributed by atoms with Gasteiger partial charge in [-0.05, 0) is 49.5 Å². The number of hydrogen-bond donors (Lipinski definition) is 1.